The minimum Gasteiger partial charge on any atom is -0.302 e. The molecule has 3 aromatic heterocycles. The highest BCUT2D eigenvalue weighted by Gasteiger charge is 2.17. The van der Waals surface area contributed by atoms with Crippen molar-refractivity contribution in [2.45, 2.75) is 45.1 Å². The van der Waals surface area contributed by atoms with Crippen molar-refractivity contribution in [3.8, 4) is 22.0 Å². The van der Waals surface area contributed by atoms with E-state index in [-0.39, 0.29) is 0 Å². The monoisotopic (exact) mass is 426 g/mol. The van der Waals surface area contributed by atoms with Crippen molar-refractivity contribution in [2.75, 3.05) is 0 Å². The van der Waals surface area contributed by atoms with E-state index in [1.54, 1.807) is 34.4 Å². The third kappa shape index (κ3) is 3.79. The van der Waals surface area contributed by atoms with Crippen LogP contribution in [0.4, 0.5) is 0 Å². The lowest BCUT2D eigenvalue weighted by molar-refractivity contribution is 0.687. The SMILES string of the molecule is CCn1c(SCc2csc(-c3ccc(C)cc3)n2)nnc1-c1csc(C)c1C. The van der Waals surface area contributed by atoms with Gasteiger partial charge in [-0.25, -0.2) is 4.98 Å². The second-order valence-corrected chi connectivity index (χ2v) is 9.56. The molecule has 0 saturated heterocycles. The van der Waals surface area contributed by atoms with Crippen LogP contribution in [-0.4, -0.2) is 19.7 Å². The van der Waals surface area contributed by atoms with Gasteiger partial charge in [-0.2, -0.15) is 0 Å². The molecule has 0 aliphatic carbocycles. The van der Waals surface area contributed by atoms with Crippen LogP contribution in [0.15, 0.2) is 40.2 Å². The van der Waals surface area contributed by atoms with Gasteiger partial charge in [0.1, 0.15) is 5.01 Å². The summed E-state index contributed by atoms with van der Waals surface area (Å²) in [6.45, 7) is 9.41. The van der Waals surface area contributed by atoms with Crippen LogP contribution in [0, 0.1) is 20.8 Å². The van der Waals surface area contributed by atoms with E-state index in [1.807, 2.05) is 0 Å². The van der Waals surface area contributed by atoms with E-state index in [0.717, 1.165) is 34.0 Å². The molecule has 0 N–H and O–H groups in total. The van der Waals surface area contributed by atoms with Crippen molar-refractivity contribution >= 4 is 34.4 Å². The summed E-state index contributed by atoms with van der Waals surface area (Å²) in [5.74, 6) is 1.76. The lowest BCUT2D eigenvalue weighted by Gasteiger charge is -2.06. The van der Waals surface area contributed by atoms with Crippen molar-refractivity contribution in [1.82, 2.24) is 19.7 Å². The van der Waals surface area contributed by atoms with Crippen molar-refractivity contribution in [3.63, 3.8) is 0 Å². The molecule has 0 spiro atoms. The summed E-state index contributed by atoms with van der Waals surface area (Å²) < 4.78 is 2.20. The molecule has 144 valence electrons. The fourth-order valence-corrected chi connectivity index (χ4v) is 5.64. The van der Waals surface area contributed by atoms with Gasteiger partial charge in [-0.1, -0.05) is 41.6 Å². The molecule has 0 fully saturated rings. The lowest BCUT2D eigenvalue weighted by Crippen LogP contribution is -2.00. The zero-order chi connectivity index (χ0) is 19.7. The number of rotatable bonds is 6. The molecule has 4 rings (SSSR count). The Morgan fingerprint density at radius 3 is 2.46 bits per heavy atom. The van der Waals surface area contributed by atoms with E-state index in [9.17, 15) is 0 Å². The number of hydrogen-bond acceptors (Lipinski definition) is 6. The fraction of sp³-hybridized carbons (Fsp3) is 0.286. The number of thiazole rings is 1. The summed E-state index contributed by atoms with van der Waals surface area (Å²) in [7, 11) is 0. The summed E-state index contributed by atoms with van der Waals surface area (Å²) >= 11 is 5.16. The number of aromatic nitrogens is 4. The Labute approximate surface area is 177 Å². The Morgan fingerprint density at radius 1 is 1.00 bits per heavy atom. The van der Waals surface area contributed by atoms with E-state index in [0.29, 0.717) is 0 Å². The second kappa shape index (κ2) is 8.19. The van der Waals surface area contributed by atoms with Crippen molar-refractivity contribution in [1.29, 1.82) is 0 Å². The van der Waals surface area contributed by atoms with Crippen LogP contribution in [0.1, 0.15) is 28.6 Å². The molecule has 0 bridgehead atoms. The Bertz CT molecular complexity index is 1090. The first-order valence-electron chi connectivity index (χ1n) is 9.19. The fourth-order valence-electron chi connectivity index (χ4n) is 2.95. The van der Waals surface area contributed by atoms with Crippen LogP contribution < -0.4 is 0 Å². The predicted octanol–water partition coefficient (Wildman–Crippen LogP) is 6.37. The van der Waals surface area contributed by atoms with Gasteiger partial charge < -0.3 is 4.57 Å². The van der Waals surface area contributed by atoms with Gasteiger partial charge in [-0.3, -0.25) is 0 Å². The summed E-state index contributed by atoms with van der Waals surface area (Å²) in [5, 5.41) is 15.3. The van der Waals surface area contributed by atoms with Gasteiger partial charge in [0, 0.05) is 39.1 Å². The van der Waals surface area contributed by atoms with Crippen molar-refractivity contribution in [3.05, 3.63) is 56.7 Å². The van der Waals surface area contributed by atoms with E-state index < -0.39 is 0 Å². The smallest absolute Gasteiger partial charge is 0.191 e. The number of nitrogens with zero attached hydrogens (tertiary/aromatic N) is 4. The first-order chi connectivity index (χ1) is 13.6. The lowest BCUT2D eigenvalue weighted by atomic mass is 10.1. The molecule has 0 unspecified atom stereocenters. The number of thiophene rings is 1. The molecule has 7 heteroatoms. The second-order valence-electron chi connectivity index (χ2n) is 6.68. The first-order valence-corrected chi connectivity index (χ1v) is 11.9. The maximum Gasteiger partial charge on any atom is 0.191 e. The van der Waals surface area contributed by atoms with E-state index >= 15 is 0 Å². The summed E-state index contributed by atoms with van der Waals surface area (Å²) in [6, 6.07) is 8.53. The third-order valence-corrected chi connectivity index (χ3v) is 7.71. The van der Waals surface area contributed by atoms with Gasteiger partial charge in [0.25, 0.3) is 0 Å². The molecule has 28 heavy (non-hydrogen) atoms. The van der Waals surface area contributed by atoms with E-state index in [4.69, 9.17) is 4.98 Å². The molecule has 0 aliphatic heterocycles. The average molecular weight is 427 g/mol. The molecule has 3 heterocycles. The zero-order valence-corrected chi connectivity index (χ0v) is 18.8. The van der Waals surface area contributed by atoms with Crippen LogP contribution in [0.5, 0.6) is 0 Å². The normalized spacial score (nSPS) is 11.3. The quantitative estimate of drug-likeness (QED) is 0.336. The molecule has 1 aromatic carbocycles. The first kappa shape index (κ1) is 19.4. The Hall–Kier alpha value is -1.96. The van der Waals surface area contributed by atoms with Crippen LogP contribution in [-0.2, 0) is 12.3 Å². The van der Waals surface area contributed by atoms with Gasteiger partial charge in [0.2, 0.25) is 0 Å². The van der Waals surface area contributed by atoms with Gasteiger partial charge in [0.15, 0.2) is 11.0 Å². The standard InChI is InChI=1S/C21H22N4S3/c1-5-25-19(18-12-26-15(4)14(18)3)23-24-21(25)28-11-17-10-27-20(22-17)16-8-6-13(2)7-9-16/h6-10,12H,5,11H2,1-4H3. The highest BCUT2D eigenvalue weighted by atomic mass is 32.2. The Morgan fingerprint density at radius 2 is 1.79 bits per heavy atom. The van der Waals surface area contributed by atoms with Crippen molar-refractivity contribution in [2.24, 2.45) is 0 Å². The topological polar surface area (TPSA) is 43.6 Å². The average Bonchev–Trinajstić information content (AvgIpc) is 3.40. The van der Waals surface area contributed by atoms with E-state index in [2.05, 4.69) is 77.5 Å². The van der Waals surface area contributed by atoms with E-state index in [1.165, 1.54) is 27.1 Å². The molecule has 0 radical (unpaired) electrons. The molecule has 0 aliphatic rings. The Kier molecular flexibility index (Phi) is 5.66. The number of hydrogen-bond donors (Lipinski definition) is 0. The highest BCUT2D eigenvalue weighted by Crippen LogP contribution is 2.33. The van der Waals surface area contributed by atoms with Crippen LogP contribution >= 0.6 is 34.4 Å². The van der Waals surface area contributed by atoms with Gasteiger partial charge in [-0.05, 0) is 33.3 Å². The molecule has 0 atom stereocenters. The van der Waals surface area contributed by atoms with Gasteiger partial charge in [-0.15, -0.1) is 32.9 Å². The van der Waals surface area contributed by atoms with Crippen molar-refractivity contribution < 1.29 is 0 Å². The molecule has 0 amide bonds. The summed E-state index contributed by atoms with van der Waals surface area (Å²) in [5.41, 5.74) is 6.02. The van der Waals surface area contributed by atoms with Crippen LogP contribution in [0.2, 0.25) is 0 Å². The summed E-state index contributed by atoms with van der Waals surface area (Å²) in [6.07, 6.45) is 0. The molecular weight excluding hydrogens is 404 g/mol. The summed E-state index contributed by atoms with van der Waals surface area (Å²) in [4.78, 5) is 6.14. The minimum absolute atomic E-state index is 0.794. The largest absolute Gasteiger partial charge is 0.302 e. The number of benzene rings is 1. The Balaban J connectivity index is 1.51. The number of aryl methyl sites for hydroxylation is 2. The minimum atomic E-state index is 0.794. The zero-order valence-electron chi connectivity index (χ0n) is 16.4. The molecule has 0 saturated carbocycles. The predicted molar refractivity (Wildman–Crippen MR) is 120 cm³/mol. The highest BCUT2D eigenvalue weighted by molar-refractivity contribution is 7.98. The molecule has 4 aromatic rings. The molecule has 4 nitrogen and oxygen atoms in total. The van der Waals surface area contributed by atoms with Crippen LogP contribution in [0.3, 0.4) is 0 Å². The third-order valence-electron chi connectivity index (χ3n) is 4.76. The van der Waals surface area contributed by atoms with Gasteiger partial charge in [0.05, 0.1) is 5.69 Å². The van der Waals surface area contributed by atoms with Gasteiger partial charge >= 0.3 is 0 Å². The maximum atomic E-state index is 4.81. The number of thioether (sulfide) groups is 1. The molecular formula is C21H22N4S3. The maximum absolute atomic E-state index is 4.81. The van der Waals surface area contributed by atoms with Crippen LogP contribution in [0.25, 0.3) is 22.0 Å².